The molecule has 1 saturated heterocycles. The van der Waals surface area contributed by atoms with Crippen LogP contribution in [0.25, 0.3) is 0 Å². The van der Waals surface area contributed by atoms with Gasteiger partial charge in [0.1, 0.15) is 5.54 Å². The summed E-state index contributed by atoms with van der Waals surface area (Å²) in [6.45, 7) is 5.40. The quantitative estimate of drug-likeness (QED) is 0.627. The van der Waals surface area contributed by atoms with Crippen LogP contribution in [0, 0.1) is 11.8 Å². The van der Waals surface area contributed by atoms with Gasteiger partial charge in [-0.1, -0.05) is 55.5 Å². The Hall–Kier alpha value is -2.31. The Bertz CT molecular complexity index is 1070. The predicted molar refractivity (Wildman–Crippen MR) is 122 cm³/mol. The lowest BCUT2D eigenvalue weighted by Crippen LogP contribution is -2.50. The molecule has 32 heavy (non-hydrogen) atoms. The fourth-order valence-electron chi connectivity index (χ4n) is 5.19. The first kappa shape index (κ1) is 22.9. The molecule has 4 atom stereocenters. The van der Waals surface area contributed by atoms with E-state index in [1.165, 1.54) is 0 Å². The van der Waals surface area contributed by atoms with Crippen molar-refractivity contribution < 1.29 is 23.2 Å². The molecule has 8 heteroatoms. The number of likely N-dealkylation sites (N-methyl/N-ethyl adjacent to an activating group) is 1. The van der Waals surface area contributed by atoms with Crippen molar-refractivity contribution in [1.29, 1.82) is 0 Å². The van der Waals surface area contributed by atoms with Gasteiger partial charge >= 0.3 is 7.60 Å². The Balaban J connectivity index is 1.88. The maximum atomic E-state index is 13.8. The van der Waals surface area contributed by atoms with Crippen LogP contribution in [-0.4, -0.2) is 31.7 Å². The Morgan fingerprint density at radius 1 is 1.06 bits per heavy atom. The largest absolute Gasteiger partial charge is 0.397 e. The minimum absolute atomic E-state index is 0.0865. The summed E-state index contributed by atoms with van der Waals surface area (Å²) < 4.78 is 24.3. The molecule has 0 aliphatic carbocycles. The highest BCUT2D eigenvalue weighted by molar-refractivity contribution is 7.71. The zero-order chi connectivity index (χ0) is 23.1. The highest BCUT2D eigenvalue weighted by Crippen LogP contribution is 2.60. The number of benzene rings is 2. The van der Waals surface area contributed by atoms with E-state index in [-0.39, 0.29) is 19.1 Å². The van der Waals surface area contributed by atoms with Crippen LogP contribution < -0.4 is 10.2 Å². The molecule has 1 fully saturated rings. The molecule has 0 saturated carbocycles. The van der Waals surface area contributed by atoms with Gasteiger partial charge in [0.2, 0.25) is 5.52 Å². The smallest absolute Gasteiger partial charge is 0.313 e. The summed E-state index contributed by atoms with van der Waals surface area (Å²) in [4.78, 5) is 29.1. The summed E-state index contributed by atoms with van der Waals surface area (Å²) in [5.41, 5.74) is 0.754. The van der Waals surface area contributed by atoms with Crippen molar-refractivity contribution in [3.05, 3.63) is 65.7 Å². The van der Waals surface area contributed by atoms with E-state index in [4.69, 9.17) is 9.05 Å². The average molecular weight is 456 g/mol. The van der Waals surface area contributed by atoms with Crippen molar-refractivity contribution in [2.45, 2.75) is 32.4 Å². The van der Waals surface area contributed by atoms with Crippen molar-refractivity contribution in [3.63, 3.8) is 0 Å². The molecule has 0 radical (unpaired) electrons. The van der Waals surface area contributed by atoms with Crippen LogP contribution in [0.2, 0.25) is 0 Å². The number of anilines is 1. The molecule has 1 amide bonds. The van der Waals surface area contributed by atoms with E-state index in [2.05, 4.69) is 5.32 Å². The Labute approximate surface area is 188 Å². The van der Waals surface area contributed by atoms with Gasteiger partial charge in [-0.2, -0.15) is 0 Å². The number of carbonyl (C=O) groups is 2. The van der Waals surface area contributed by atoms with Crippen molar-refractivity contribution in [2.75, 3.05) is 25.2 Å². The number of nitrogens with one attached hydrogen (secondary N) is 1. The molecule has 4 rings (SSSR count). The lowest BCUT2D eigenvalue weighted by Gasteiger charge is -2.30. The van der Waals surface area contributed by atoms with E-state index in [1.54, 1.807) is 25.8 Å². The summed E-state index contributed by atoms with van der Waals surface area (Å²) >= 11 is 0. The highest BCUT2D eigenvalue weighted by atomic mass is 31.2. The minimum atomic E-state index is -4.03. The second kappa shape index (κ2) is 8.56. The lowest BCUT2D eigenvalue weighted by atomic mass is 9.76. The van der Waals surface area contributed by atoms with Gasteiger partial charge < -0.3 is 13.9 Å². The van der Waals surface area contributed by atoms with Crippen LogP contribution in [0.4, 0.5) is 5.69 Å². The molecule has 7 nitrogen and oxygen atoms in total. The summed E-state index contributed by atoms with van der Waals surface area (Å²) in [5.74, 6) is -1.41. The third kappa shape index (κ3) is 3.27. The van der Waals surface area contributed by atoms with E-state index in [0.717, 1.165) is 16.8 Å². The molecule has 0 bridgehead atoms. The zero-order valence-corrected chi connectivity index (χ0v) is 19.7. The summed E-state index contributed by atoms with van der Waals surface area (Å²) in [6, 6.07) is 16.5. The SMILES string of the molecule is CCOP(=O)(OCC)C(=O)[C@@H]1[C@H](c2ccccc2)N[C@@]2(C(=O)N(C)c3ccccc32)[C@H]1C. The highest BCUT2D eigenvalue weighted by Gasteiger charge is 2.65. The first-order valence-corrected chi connectivity index (χ1v) is 12.5. The normalized spacial score (nSPS) is 27.2. The van der Waals surface area contributed by atoms with E-state index in [0.29, 0.717) is 0 Å². The Morgan fingerprint density at radius 3 is 2.28 bits per heavy atom. The van der Waals surface area contributed by atoms with Crippen LogP contribution in [0.3, 0.4) is 0 Å². The fourth-order valence-corrected chi connectivity index (χ4v) is 6.93. The van der Waals surface area contributed by atoms with Crippen LogP contribution in [0.15, 0.2) is 54.6 Å². The molecule has 2 aromatic carbocycles. The summed E-state index contributed by atoms with van der Waals surface area (Å²) in [6.07, 6.45) is 0. The second-order valence-corrected chi connectivity index (χ2v) is 10.2. The number of fused-ring (bicyclic) bond motifs is 2. The van der Waals surface area contributed by atoms with E-state index >= 15 is 0 Å². The third-order valence-electron chi connectivity index (χ3n) is 6.61. The van der Waals surface area contributed by atoms with E-state index < -0.39 is 36.5 Å². The Morgan fingerprint density at radius 2 is 1.66 bits per heavy atom. The number of para-hydroxylation sites is 1. The number of hydrogen-bond acceptors (Lipinski definition) is 6. The van der Waals surface area contributed by atoms with Gasteiger partial charge in [-0.3, -0.25) is 19.5 Å². The molecule has 1 N–H and O–H groups in total. The maximum absolute atomic E-state index is 13.8. The third-order valence-corrected chi connectivity index (χ3v) is 8.64. The first-order chi connectivity index (χ1) is 15.3. The molecule has 0 unspecified atom stereocenters. The van der Waals surface area contributed by atoms with Gasteiger partial charge in [-0.25, -0.2) is 0 Å². The summed E-state index contributed by atoms with van der Waals surface area (Å²) in [7, 11) is -2.30. The monoisotopic (exact) mass is 456 g/mol. The van der Waals surface area contributed by atoms with Gasteiger partial charge in [0, 0.05) is 24.3 Å². The Kier molecular flexibility index (Phi) is 6.12. The van der Waals surface area contributed by atoms with Crippen molar-refractivity contribution in [1.82, 2.24) is 5.32 Å². The first-order valence-electron chi connectivity index (χ1n) is 11.0. The molecule has 2 aliphatic rings. The fraction of sp³-hybridized carbons (Fsp3) is 0.417. The number of rotatable bonds is 7. The van der Waals surface area contributed by atoms with Crippen LogP contribution >= 0.6 is 7.60 Å². The summed E-state index contributed by atoms with van der Waals surface area (Å²) in [5, 5.41) is 3.51. The molecule has 170 valence electrons. The number of hydrogen-bond donors (Lipinski definition) is 1. The molecule has 2 aromatic rings. The lowest BCUT2D eigenvalue weighted by molar-refractivity contribution is -0.125. The maximum Gasteiger partial charge on any atom is 0.397 e. The second-order valence-electron chi connectivity index (χ2n) is 8.21. The molecular formula is C24H29N2O5P. The van der Waals surface area contributed by atoms with Gasteiger partial charge in [0.15, 0.2) is 0 Å². The van der Waals surface area contributed by atoms with Gasteiger partial charge in [0.25, 0.3) is 5.91 Å². The topological polar surface area (TPSA) is 84.9 Å². The number of amides is 1. The molecular weight excluding hydrogens is 427 g/mol. The average Bonchev–Trinajstić information content (AvgIpc) is 3.22. The van der Waals surface area contributed by atoms with Gasteiger partial charge in [-0.15, -0.1) is 0 Å². The van der Waals surface area contributed by atoms with Crippen molar-refractivity contribution >= 4 is 24.7 Å². The minimum Gasteiger partial charge on any atom is -0.313 e. The van der Waals surface area contributed by atoms with Gasteiger partial charge in [-0.05, 0) is 31.4 Å². The number of nitrogens with zero attached hydrogens (tertiary/aromatic N) is 1. The van der Waals surface area contributed by atoms with Crippen LogP contribution in [-0.2, 0) is 28.7 Å². The zero-order valence-electron chi connectivity index (χ0n) is 18.8. The van der Waals surface area contributed by atoms with E-state index in [1.807, 2.05) is 61.5 Å². The van der Waals surface area contributed by atoms with Crippen molar-refractivity contribution in [3.8, 4) is 0 Å². The van der Waals surface area contributed by atoms with Crippen LogP contribution in [0.1, 0.15) is 37.9 Å². The predicted octanol–water partition coefficient (Wildman–Crippen LogP) is 4.25. The molecule has 2 heterocycles. The van der Waals surface area contributed by atoms with Crippen molar-refractivity contribution in [2.24, 2.45) is 11.8 Å². The van der Waals surface area contributed by atoms with Gasteiger partial charge in [0.05, 0.1) is 19.1 Å². The van der Waals surface area contributed by atoms with Crippen LogP contribution in [0.5, 0.6) is 0 Å². The standard InChI is InChI=1S/C24H29N2O5P/c1-5-30-32(29,31-6-2)22(27)20-16(3)24(25-21(20)17-12-8-7-9-13-17)18-14-10-11-15-19(18)26(4)23(24)28/h7-16,20-21,25H,5-6H2,1-4H3/t16-,20-,21-,24-/m0/s1. The number of carbonyl (C=O) groups excluding carboxylic acids is 2. The molecule has 0 aromatic heterocycles. The van der Waals surface area contributed by atoms with E-state index in [9.17, 15) is 14.2 Å². The molecule has 2 aliphatic heterocycles. The molecule has 1 spiro atoms.